The number of esters is 1. The highest BCUT2D eigenvalue weighted by atomic mass is 16.5. The highest BCUT2D eigenvalue weighted by Gasteiger charge is 2.17. The van der Waals surface area contributed by atoms with Gasteiger partial charge in [0.05, 0.1) is 33.4 Å². The van der Waals surface area contributed by atoms with Crippen LogP contribution in [0.15, 0.2) is 53.2 Å². The Balaban J connectivity index is 1.52. The third-order valence-electron chi connectivity index (χ3n) is 4.42. The Bertz CT molecular complexity index is 1180. The summed E-state index contributed by atoms with van der Waals surface area (Å²) in [6.07, 6.45) is 3.18. The van der Waals surface area contributed by atoms with E-state index in [2.05, 4.69) is 15.0 Å². The Morgan fingerprint density at radius 2 is 1.74 bits per heavy atom. The van der Waals surface area contributed by atoms with Crippen LogP contribution in [0.25, 0.3) is 22.7 Å². The lowest BCUT2D eigenvalue weighted by atomic mass is 10.2. The highest BCUT2D eigenvalue weighted by molar-refractivity contribution is 5.76. The molecular formula is C22H19N3O6. The van der Waals surface area contributed by atoms with Crippen LogP contribution in [0.3, 0.4) is 0 Å². The number of oxazole rings is 1. The molecule has 0 amide bonds. The van der Waals surface area contributed by atoms with Gasteiger partial charge in [-0.05, 0) is 24.3 Å². The summed E-state index contributed by atoms with van der Waals surface area (Å²) in [6, 6.07) is 10.1. The van der Waals surface area contributed by atoms with Gasteiger partial charge in [0, 0.05) is 30.1 Å². The molecule has 0 radical (unpaired) electrons. The van der Waals surface area contributed by atoms with Crippen molar-refractivity contribution in [2.45, 2.75) is 6.42 Å². The molecule has 0 aliphatic carbocycles. The van der Waals surface area contributed by atoms with E-state index < -0.39 is 5.97 Å². The number of rotatable bonds is 7. The number of aromatic nitrogens is 3. The normalized spacial score (nSPS) is 10.7. The van der Waals surface area contributed by atoms with E-state index in [4.69, 9.17) is 23.4 Å². The first-order chi connectivity index (χ1) is 15.1. The van der Waals surface area contributed by atoms with Gasteiger partial charge >= 0.3 is 5.97 Å². The Morgan fingerprint density at radius 1 is 0.968 bits per heavy atom. The smallest absolute Gasteiger partial charge is 0.317 e. The molecule has 9 nitrogen and oxygen atoms in total. The van der Waals surface area contributed by atoms with Gasteiger partial charge in [-0.15, -0.1) is 0 Å². The number of fused-ring (bicyclic) bond motifs is 1. The molecule has 0 spiro atoms. The Kier molecular flexibility index (Phi) is 5.65. The second kappa shape index (κ2) is 8.70. The first-order valence-electron chi connectivity index (χ1n) is 9.29. The van der Waals surface area contributed by atoms with Gasteiger partial charge in [-0.3, -0.25) is 9.78 Å². The minimum atomic E-state index is -0.502. The van der Waals surface area contributed by atoms with Crippen LogP contribution in [0, 0.1) is 0 Å². The molecule has 1 aromatic carbocycles. The van der Waals surface area contributed by atoms with Crippen LogP contribution < -0.4 is 18.9 Å². The average Bonchev–Trinajstić information content (AvgIpc) is 3.23. The maximum absolute atomic E-state index is 12.5. The largest absolute Gasteiger partial charge is 0.493 e. The molecule has 4 aromatic rings. The van der Waals surface area contributed by atoms with Crippen molar-refractivity contribution in [1.82, 2.24) is 15.0 Å². The van der Waals surface area contributed by atoms with Gasteiger partial charge in [-0.25, -0.2) is 4.98 Å². The zero-order valence-electron chi connectivity index (χ0n) is 17.1. The van der Waals surface area contributed by atoms with Crippen LogP contribution in [0.1, 0.15) is 5.69 Å². The summed E-state index contributed by atoms with van der Waals surface area (Å²) in [5.41, 5.74) is 2.28. The van der Waals surface area contributed by atoms with Gasteiger partial charge in [0.1, 0.15) is 5.75 Å². The second-order valence-corrected chi connectivity index (χ2v) is 6.39. The molecule has 0 aliphatic heterocycles. The van der Waals surface area contributed by atoms with Crippen molar-refractivity contribution in [3.05, 3.63) is 54.5 Å². The lowest BCUT2D eigenvalue weighted by Crippen LogP contribution is -2.12. The van der Waals surface area contributed by atoms with E-state index in [1.807, 2.05) is 0 Å². The minimum absolute atomic E-state index is 0.0526. The lowest BCUT2D eigenvalue weighted by Gasteiger charge is -2.14. The van der Waals surface area contributed by atoms with E-state index in [0.29, 0.717) is 45.6 Å². The topological polar surface area (TPSA) is 106 Å². The maximum Gasteiger partial charge on any atom is 0.317 e. The van der Waals surface area contributed by atoms with Crippen LogP contribution in [-0.4, -0.2) is 42.3 Å². The summed E-state index contributed by atoms with van der Waals surface area (Å²) in [6.45, 7) is 0. The zero-order valence-corrected chi connectivity index (χ0v) is 17.1. The first kappa shape index (κ1) is 20.1. The number of carbonyl (C=O) groups excluding carboxylic acids is 1. The van der Waals surface area contributed by atoms with Crippen molar-refractivity contribution in [2.24, 2.45) is 0 Å². The van der Waals surface area contributed by atoms with Crippen molar-refractivity contribution in [1.29, 1.82) is 0 Å². The molecule has 3 heterocycles. The fourth-order valence-electron chi connectivity index (χ4n) is 3.03. The van der Waals surface area contributed by atoms with Crippen molar-refractivity contribution < 1.29 is 28.2 Å². The molecule has 31 heavy (non-hydrogen) atoms. The number of hydrogen-bond donors (Lipinski definition) is 0. The standard InChI is InChI=1S/C22H19N3O6/c1-27-17-11-15(12-18(28-2)20(17)29-3)30-19(26)10-14-9-13(6-8-23-14)22-25-21-16(31-22)5-4-7-24-21/h4-9,11-12H,10H2,1-3H3. The summed E-state index contributed by atoms with van der Waals surface area (Å²) >= 11 is 0. The van der Waals surface area contributed by atoms with E-state index in [0.717, 1.165) is 0 Å². The third kappa shape index (κ3) is 4.25. The molecule has 9 heteroatoms. The molecule has 4 rings (SSSR count). The molecule has 3 aromatic heterocycles. The van der Waals surface area contributed by atoms with Crippen LogP contribution in [0.2, 0.25) is 0 Å². The molecule has 0 fully saturated rings. The predicted octanol–water partition coefficient (Wildman–Crippen LogP) is 3.46. The van der Waals surface area contributed by atoms with Crippen molar-refractivity contribution in [3.63, 3.8) is 0 Å². The van der Waals surface area contributed by atoms with Crippen LogP contribution >= 0.6 is 0 Å². The molecule has 0 N–H and O–H groups in total. The minimum Gasteiger partial charge on any atom is -0.493 e. The summed E-state index contributed by atoms with van der Waals surface area (Å²) in [7, 11) is 4.47. The number of benzene rings is 1. The van der Waals surface area contributed by atoms with Gasteiger partial charge in [-0.1, -0.05) is 0 Å². The quantitative estimate of drug-likeness (QED) is 0.327. The van der Waals surface area contributed by atoms with Gasteiger partial charge in [0.15, 0.2) is 22.7 Å². The second-order valence-electron chi connectivity index (χ2n) is 6.39. The summed E-state index contributed by atoms with van der Waals surface area (Å²) in [5.74, 6) is 1.34. The molecule has 0 bridgehead atoms. The number of hydrogen-bond acceptors (Lipinski definition) is 9. The first-order valence-corrected chi connectivity index (χ1v) is 9.29. The molecule has 0 saturated heterocycles. The van der Waals surface area contributed by atoms with Crippen LogP contribution in [-0.2, 0) is 11.2 Å². The summed E-state index contributed by atoms with van der Waals surface area (Å²) in [4.78, 5) is 25.3. The van der Waals surface area contributed by atoms with Gasteiger partial charge in [-0.2, -0.15) is 4.98 Å². The van der Waals surface area contributed by atoms with E-state index in [-0.39, 0.29) is 12.2 Å². The fraction of sp³-hybridized carbons (Fsp3) is 0.182. The van der Waals surface area contributed by atoms with Gasteiger partial charge in [0.25, 0.3) is 0 Å². The number of methoxy groups -OCH3 is 3. The van der Waals surface area contributed by atoms with E-state index in [1.165, 1.54) is 21.3 Å². The lowest BCUT2D eigenvalue weighted by molar-refractivity contribution is -0.133. The number of ether oxygens (including phenoxy) is 4. The maximum atomic E-state index is 12.5. The average molecular weight is 421 g/mol. The predicted molar refractivity (Wildman–Crippen MR) is 110 cm³/mol. The molecular weight excluding hydrogens is 402 g/mol. The van der Waals surface area contributed by atoms with Crippen molar-refractivity contribution >= 4 is 17.2 Å². The van der Waals surface area contributed by atoms with Crippen molar-refractivity contribution in [2.75, 3.05) is 21.3 Å². The SMILES string of the molecule is COc1cc(OC(=O)Cc2cc(-c3nc4ncccc4o3)ccn2)cc(OC)c1OC. The molecule has 0 saturated carbocycles. The molecule has 0 aliphatic rings. The van der Waals surface area contributed by atoms with E-state index in [9.17, 15) is 4.79 Å². The van der Waals surface area contributed by atoms with Gasteiger partial charge < -0.3 is 23.4 Å². The summed E-state index contributed by atoms with van der Waals surface area (Å²) in [5, 5.41) is 0. The highest BCUT2D eigenvalue weighted by Crippen LogP contribution is 2.40. The van der Waals surface area contributed by atoms with E-state index >= 15 is 0 Å². The van der Waals surface area contributed by atoms with Crippen LogP contribution in [0.4, 0.5) is 0 Å². The van der Waals surface area contributed by atoms with E-state index in [1.54, 1.807) is 48.8 Å². The third-order valence-corrected chi connectivity index (χ3v) is 4.42. The Labute approximate surface area is 177 Å². The number of pyridine rings is 2. The number of carbonyl (C=O) groups is 1. The van der Waals surface area contributed by atoms with Gasteiger partial charge in [0.2, 0.25) is 11.6 Å². The Morgan fingerprint density at radius 3 is 2.42 bits per heavy atom. The molecule has 158 valence electrons. The zero-order chi connectivity index (χ0) is 21.8. The number of nitrogens with zero attached hydrogens (tertiary/aromatic N) is 3. The van der Waals surface area contributed by atoms with Crippen LogP contribution in [0.5, 0.6) is 23.0 Å². The fourth-order valence-corrected chi connectivity index (χ4v) is 3.03. The Hall–Kier alpha value is -4.14. The molecule has 0 unspecified atom stereocenters. The summed E-state index contributed by atoms with van der Waals surface area (Å²) < 4.78 is 27.0. The monoisotopic (exact) mass is 421 g/mol. The van der Waals surface area contributed by atoms with Crippen molar-refractivity contribution in [3.8, 4) is 34.5 Å². The molecule has 0 atom stereocenters.